The zero-order valence-corrected chi connectivity index (χ0v) is 31.2. The van der Waals surface area contributed by atoms with Gasteiger partial charge in [-0.25, -0.2) is 4.98 Å². The number of nitrogens with one attached hydrogen (secondary N) is 1. The van der Waals surface area contributed by atoms with Gasteiger partial charge in [0.25, 0.3) is 0 Å². The fourth-order valence-corrected chi connectivity index (χ4v) is 7.33. The quantitative estimate of drug-likeness (QED) is 0.0679. The zero-order chi connectivity index (χ0) is 34.4. The largest absolute Gasteiger partial charge is 0.598 e. The van der Waals surface area contributed by atoms with Crippen molar-refractivity contribution >= 4 is 30.3 Å². The second kappa shape index (κ2) is 15.8. The van der Waals surface area contributed by atoms with Crippen molar-refractivity contribution in [3.8, 4) is 17.0 Å². The first-order valence-electron chi connectivity index (χ1n) is 16.8. The van der Waals surface area contributed by atoms with E-state index in [1.54, 1.807) is 25.6 Å². The number of fused-ring (bicyclic) bond motifs is 1. The number of ether oxygens (including phenoxy) is 4. The molecule has 1 aromatic carbocycles. The van der Waals surface area contributed by atoms with Gasteiger partial charge in [0.05, 0.1) is 37.7 Å². The number of nitrogens with zero attached hydrogens (tertiary/aromatic N) is 4. The van der Waals surface area contributed by atoms with E-state index < -0.39 is 30.0 Å². The van der Waals surface area contributed by atoms with Gasteiger partial charge in [-0.05, 0) is 51.8 Å². The fourth-order valence-electron chi connectivity index (χ4n) is 5.74. The standard InChI is InChI=1S/C35H51N5O6SSi/c1-34(2,3)47(41)39-28(13-9-8-10-15-35(44-18-19-45-35)32-14-17-46-38-32)33-37-24-30(40(33)25-43-20-21-48(5,6)7)27-22-26-12-11-16-36-29(26)23-31(27)42-4/h11-12,14,16-17,22-24,28,39H,8-10,13,15,18-21,25H2,1-7H3/t28-,47?/m0/s1. The van der Waals surface area contributed by atoms with Crippen LogP contribution < -0.4 is 9.46 Å². The average molecular weight is 698 g/mol. The van der Waals surface area contributed by atoms with Crippen LogP contribution >= 0.6 is 0 Å². The van der Waals surface area contributed by atoms with Crippen molar-refractivity contribution in [1.82, 2.24) is 24.4 Å². The maximum atomic E-state index is 13.6. The predicted molar refractivity (Wildman–Crippen MR) is 191 cm³/mol. The Labute approximate surface area is 288 Å². The summed E-state index contributed by atoms with van der Waals surface area (Å²) in [5.41, 5.74) is 3.30. The van der Waals surface area contributed by atoms with Gasteiger partial charge in [0.1, 0.15) is 41.1 Å². The van der Waals surface area contributed by atoms with Gasteiger partial charge in [-0.1, -0.05) is 43.7 Å². The fraction of sp³-hybridized carbons (Fsp3) is 0.571. The Morgan fingerprint density at radius 3 is 2.58 bits per heavy atom. The summed E-state index contributed by atoms with van der Waals surface area (Å²) in [5.74, 6) is 0.632. The predicted octanol–water partition coefficient (Wildman–Crippen LogP) is 7.35. The van der Waals surface area contributed by atoms with Crippen molar-refractivity contribution < 1.29 is 28.0 Å². The molecule has 1 aliphatic heterocycles. The van der Waals surface area contributed by atoms with Crippen LogP contribution in [0.3, 0.4) is 0 Å². The molecule has 0 spiro atoms. The van der Waals surface area contributed by atoms with Gasteiger partial charge in [0, 0.05) is 61.7 Å². The number of hydrogen-bond acceptors (Lipinski definition) is 10. The van der Waals surface area contributed by atoms with Crippen LogP contribution in [-0.4, -0.2) is 64.0 Å². The maximum absolute atomic E-state index is 13.6. The van der Waals surface area contributed by atoms with Crippen molar-refractivity contribution in [2.24, 2.45) is 0 Å². The maximum Gasteiger partial charge on any atom is 0.215 e. The summed E-state index contributed by atoms with van der Waals surface area (Å²) in [6.45, 7) is 15.0. The molecule has 48 heavy (non-hydrogen) atoms. The molecule has 2 atom stereocenters. The summed E-state index contributed by atoms with van der Waals surface area (Å²) in [4.78, 5) is 9.50. The molecule has 4 heterocycles. The molecule has 5 rings (SSSR count). The Hall–Kier alpha value is -2.78. The van der Waals surface area contributed by atoms with Crippen LogP contribution in [-0.2, 0) is 38.1 Å². The molecular formula is C35H51N5O6SSi. The van der Waals surface area contributed by atoms with Gasteiger partial charge >= 0.3 is 0 Å². The second-order valence-electron chi connectivity index (χ2n) is 14.5. The minimum absolute atomic E-state index is 0.281. The first-order valence-corrected chi connectivity index (χ1v) is 21.7. The summed E-state index contributed by atoms with van der Waals surface area (Å²) >= 11 is -1.32. The van der Waals surface area contributed by atoms with Crippen molar-refractivity contribution in [3.63, 3.8) is 0 Å². The van der Waals surface area contributed by atoms with Crippen LogP contribution in [0.25, 0.3) is 22.2 Å². The molecule has 1 saturated heterocycles. The highest BCUT2D eigenvalue weighted by molar-refractivity contribution is 7.90. The van der Waals surface area contributed by atoms with Crippen LogP contribution in [0, 0.1) is 0 Å². The van der Waals surface area contributed by atoms with Gasteiger partial charge in [0.15, 0.2) is 0 Å². The van der Waals surface area contributed by atoms with Gasteiger partial charge in [-0.2, -0.15) is 0 Å². The third kappa shape index (κ3) is 9.06. The van der Waals surface area contributed by atoms with Crippen LogP contribution in [0.2, 0.25) is 25.7 Å². The molecule has 0 aliphatic carbocycles. The van der Waals surface area contributed by atoms with E-state index in [2.05, 4.69) is 45.1 Å². The Morgan fingerprint density at radius 1 is 1.10 bits per heavy atom. The lowest BCUT2D eigenvalue weighted by Crippen LogP contribution is -2.42. The molecule has 1 unspecified atom stereocenters. The zero-order valence-electron chi connectivity index (χ0n) is 29.4. The van der Waals surface area contributed by atoms with Crippen molar-refractivity contribution in [2.75, 3.05) is 26.9 Å². The van der Waals surface area contributed by atoms with E-state index in [0.29, 0.717) is 44.4 Å². The van der Waals surface area contributed by atoms with Gasteiger partial charge in [-0.15, -0.1) is 4.72 Å². The number of aromatic nitrogens is 4. The minimum atomic E-state index is -1.32. The van der Waals surface area contributed by atoms with E-state index in [9.17, 15) is 4.55 Å². The number of methoxy groups -OCH3 is 1. The molecule has 1 fully saturated rings. The molecule has 13 heteroatoms. The summed E-state index contributed by atoms with van der Waals surface area (Å²) in [5, 5.41) is 5.10. The third-order valence-corrected chi connectivity index (χ3v) is 11.8. The van der Waals surface area contributed by atoms with Crippen molar-refractivity contribution in [1.29, 1.82) is 0 Å². The van der Waals surface area contributed by atoms with Crippen LogP contribution in [0.15, 0.2) is 53.5 Å². The lowest BCUT2D eigenvalue weighted by molar-refractivity contribution is -0.175. The Kier molecular flexibility index (Phi) is 12.0. The molecule has 262 valence electrons. The number of benzene rings is 1. The third-order valence-electron chi connectivity index (χ3n) is 8.50. The minimum Gasteiger partial charge on any atom is -0.598 e. The molecule has 0 radical (unpaired) electrons. The highest BCUT2D eigenvalue weighted by atomic mass is 32.2. The molecule has 11 nitrogen and oxygen atoms in total. The summed E-state index contributed by atoms with van der Waals surface area (Å²) in [6, 6.07) is 10.6. The second-order valence-corrected chi connectivity index (χ2v) is 22.1. The van der Waals surface area contributed by atoms with E-state index in [1.807, 2.05) is 45.2 Å². The van der Waals surface area contributed by atoms with E-state index >= 15 is 0 Å². The molecule has 0 bridgehead atoms. The smallest absolute Gasteiger partial charge is 0.215 e. The first kappa shape index (κ1) is 36.5. The average Bonchev–Trinajstić information content (AvgIpc) is 3.83. The molecule has 4 aromatic rings. The Bertz CT molecular complexity index is 1600. The molecule has 1 aliphatic rings. The molecule has 0 saturated carbocycles. The number of rotatable bonds is 17. The normalized spacial score (nSPS) is 16.4. The summed E-state index contributed by atoms with van der Waals surface area (Å²) in [6.07, 6.45) is 9.26. The topological polar surface area (TPSA) is 129 Å². The van der Waals surface area contributed by atoms with Crippen LogP contribution in [0.1, 0.15) is 70.4 Å². The van der Waals surface area contributed by atoms with Crippen LogP contribution in [0.4, 0.5) is 0 Å². The Morgan fingerprint density at radius 2 is 1.90 bits per heavy atom. The highest BCUT2D eigenvalue weighted by Crippen LogP contribution is 2.38. The van der Waals surface area contributed by atoms with E-state index in [-0.39, 0.29) is 6.04 Å². The lowest BCUT2D eigenvalue weighted by Gasteiger charge is -2.28. The summed E-state index contributed by atoms with van der Waals surface area (Å²) in [7, 11) is 0.376. The highest BCUT2D eigenvalue weighted by Gasteiger charge is 2.40. The monoisotopic (exact) mass is 697 g/mol. The summed E-state index contributed by atoms with van der Waals surface area (Å²) < 4.78 is 48.0. The van der Waals surface area contributed by atoms with Gasteiger partial charge in [0.2, 0.25) is 5.79 Å². The van der Waals surface area contributed by atoms with Gasteiger partial charge < -0.3 is 32.6 Å². The van der Waals surface area contributed by atoms with Crippen molar-refractivity contribution in [2.45, 2.75) is 102 Å². The molecule has 1 N–H and O–H groups in total. The number of imidazole rings is 1. The van der Waals surface area contributed by atoms with Crippen LogP contribution in [0.5, 0.6) is 5.75 Å². The van der Waals surface area contributed by atoms with E-state index in [1.165, 1.54) is 0 Å². The number of hydrogen-bond donors (Lipinski definition) is 1. The van der Waals surface area contributed by atoms with Crippen molar-refractivity contribution in [3.05, 3.63) is 60.5 Å². The van der Waals surface area contributed by atoms with E-state index in [0.717, 1.165) is 59.7 Å². The van der Waals surface area contributed by atoms with Gasteiger partial charge in [-0.3, -0.25) is 4.98 Å². The lowest BCUT2D eigenvalue weighted by atomic mass is 10.0. The molecule has 0 amide bonds. The molecule has 3 aromatic heterocycles. The molecular weight excluding hydrogens is 647 g/mol. The number of unbranched alkanes of at least 4 members (excludes halogenated alkanes) is 2. The van der Waals surface area contributed by atoms with E-state index in [4.69, 9.17) is 28.5 Å². The number of pyridine rings is 1. The SMILES string of the molecule is COc1cc2ncccc2cc1-c1cnc([C@H](CCCCCC2(c3ccon3)OCCO2)N[S+]([O-])C(C)(C)C)n1COCC[Si](C)(C)C. The first-order chi connectivity index (χ1) is 22.9. The Balaban J connectivity index is 1.41.